The highest BCUT2D eigenvalue weighted by molar-refractivity contribution is 6.99. The summed E-state index contributed by atoms with van der Waals surface area (Å²) in [5, 5.41) is 2.31. The van der Waals surface area contributed by atoms with Crippen molar-refractivity contribution in [2.45, 2.75) is 64.8 Å². The molecule has 3 aromatic carbocycles. The Morgan fingerprint density at radius 3 is 1.79 bits per heavy atom. The van der Waals surface area contributed by atoms with Crippen LogP contribution in [0.2, 0.25) is 5.04 Å². The van der Waals surface area contributed by atoms with Crippen molar-refractivity contribution in [2.24, 2.45) is 5.92 Å². The third-order valence-corrected chi connectivity index (χ3v) is 12.3. The molecular weight excluding hydrogens is 502 g/mol. The molecule has 0 unspecified atom stereocenters. The first-order valence-corrected chi connectivity index (χ1v) is 15.8. The predicted octanol–water partition coefficient (Wildman–Crippen LogP) is 6.02. The van der Waals surface area contributed by atoms with Gasteiger partial charge in [0.2, 0.25) is 0 Å². The number of amides is 1. The van der Waals surface area contributed by atoms with Crippen LogP contribution in [0.4, 0.5) is 4.79 Å². The first kappa shape index (κ1) is 29.1. The van der Waals surface area contributed by atoms with Crippen molar-refractivity contribution in [3.8, 4) is 0 Å². The van der Waals surface area contributed by atoms with Crippen LogP contribution in [0.1, 0.15) is 47.1 Å². The van der Waals surface area contributed by atoms with Crippen LogP contribution in [0.3, 0.4) is 0 Å². The van der Waals surface area contributed by atoms with E-state index in [1.807, 2.05) is 56.0 Å². The number of rotatable bonds is 9. The molecule has 0 spiro atoms. The Hall–Kier alpha value is -2.93. The summed E-state index contributed by atoms with van der Waals surface area (Å²) in [5.41, 5.74) is 0.580. The second kappa shape index (κ2) is 12.1. The van der Waals surface area contributed by atoms with E-state index in [4.69, 9.17) is 13.9 Å². The third-order valence-electron chi connectivity index (χ3n) is 7.33. The van der Waals surface area contributed by atoms with Gasteiger partial charge in [0, 0.05) is 12.5 Å². The van der Waals surface area contributed by atoms with Crippen LogP contribution >= 0.6 is 0 Å². The van der Waals surface area contributed by atoms with Crippen LogP contribution in [0.5, 0.6) is 0 Å². The molecule has 208 valence electrons. The second-order valence-electron chi connectivity index (χ2n) is 12.4. The number of carbonyl (C=O) groups excluding carboxylic acids is 1. The van der Waals surface area contributed by atoms with E-state index < -0.39 is 13.9 Å². The molecule has 1 heterocycles. The average molecular weight is 546 g/mol. The van der Waals surface area contributed by atoms with Crippen molar-refractivity contribution in [1.29, 1.82) is 0 Å². The molecule has 0 aromatic heterocycles. The summed E-state index contributed by atoms with van der Waals surface area (Å²) in [5.74, 6) is 0.166. The highest BCUT2D eigenvalue weighted by Gasteiger charge is 2.52. The average Bonchev–Trinajstić information content (AvgIpc) is 2.88. The molecule has 1 saturated heterocycles. The molecule has 4 rings (SSSR count). The highest BCUT2D eigenvalue weighted by atomic mass is 28.4. The summed E-state index contributed by atoms with van der Waals surface area (Å²) in [4.78, 5) is 15.0. The van der Waals surface area contributed by atoms with Gasteiger partial charge in [-0.1, -0.05) is 112 Å². The highest BCUT2D eigenvalue weighted by Crippen LogP contribution is 2.38. The summed E-state index contributed by atoms with van der Waals surface area (Å²) < 4.78 is 19.1. The third kappa shape index (κ3) is 6.80. The van der Waals surface area contributed by atoms with E-state index in [-0.39, 0.29) is 23.1 Å². The molecule has 6 heteroatoms. The van der Waals surface area contributed by atoms with Gasteiger partial charge in [0.15, 0.2) is 0 Å². The lowest BCUT2D eigenvalue weighted by Crippen LogP contribution is -2.69. The molecule has 0 radical (unpaired) electrons. The zero-order valence-corrected chi connectivity index (χ0v) is 25.2. The maximum atomic E-state index is 13.2. The van der Waals surface area contributed by atoms with Crippen molar-refractivity contribution in [3.63, 3.8) is 0 Å². The van der Waals surface area contributed by atoms with Crippen molar-refractivity contribution in [3.05, 3.63) is 96.6 Å². The molecule has 0 bridgehead atoms. The number of hydrogen-bond donors (Lipinski definition) is 0. The molecule has 1 aliphatic heterocycles. The predicted molar refractivity (Wildman–Crippen MR) is 160 cm³/mol. The summed E-state index contributed by atoms with van der Waals surface area (Å²) in [6.07, 6.45) is -0.294. The quantitative estimate of drug-likeness (QED) is 0.309. The summed E-state index contributed by atoms with van der Waals surface area (Å²) >= 11 is 0. The van der Waals surface area contributed by atoms with Crippen LogP contribution in [0.25, 0.3) is 0 Å². The molecule has 5 nitrogen and oxygen atoms in total. The van der Waals surface area contributed by atoms with Crippen LogP contribution in [0.15, 0.2) is 91.0 Å². The molecule has 0 N–H and O–H groups in total. The fraction of sp³-hybridized carbons (Fsp3) is 0.424. The Balaban J connectivity index is 1.60. The fourth-order valence-electron chi connectivity index (χ4n) is 5.42. The maximum Gasteiger partial charge on any atom is 0.410 e. The normalized spacial score (nSPS) is 17.9. The van der Waals surface area contributed by atoms with E-state index in [0.29, 0.717) is 26.4 Å². The minimum absolute atomic E-state index is 0.128. The largest absolute Gasteiger partial charge is 0.444 e. The fourth-order valence-corrected chi connectivity index (χ4v) is 10.00. The molecule has 3 aromatic rings. The van der Waals surface area contributed by atoms with Gasteiger partial charge >= 0.3 is 6.09 Å². The van der Waals surface area contributed by atoms with Crippen molar-refractivity contribution in [2.75, 3.05) is 19.8 Å². The zero-order valence-electron chi connectivity index (χ0n) is 24.2. The van der Waals surface area contributed by atoms with Gasteiger partial charge in [-0.05, 0) is 41.7 Å². The van der Waals surface area contributed by atoms with Gasteiger partial charge < -0.3 is 18.8 Å². The number of nitrogens with zero attached hydrogens (tertiary/aromatic N) is 1. The van der Waals surface area contributed by atoms with E-state index in [2.05, 4.69) is 81.4 Å². The number of carbonyl (C=O) groups is 1. The van der Waals surface area contributed by atoms with Gasteiger partial charge in [0.1, 0.15) is 5.60 Å². The minimum atomic E-state index is -2.74. The van der Waals surface area contributed by atoms with E-state index in [1.165, 1.54) is 10.4 Å². The monoisotopic (exact) mass is 545 g/mol. The first-order chi connectivity index (χ1) is 18.5. The van der Waals surface area contributed by atoms with Crippen molar-refractivity contribution in [1.82, 2.24) is 4.90 Å². The van der Waals surface area contributed by atoms with Crippen LogP contribution < -0.4 is 10.4 Å². The lowest BCUT2D eigenvalue weighted by atomic mass is 9.90. The van der Waals surface area contributed by atoms with Gasteiger partial charge in [0.25, 0.3) is 8.32 Å². The Bertz CT molecular complexity index is 1150. The SMILES string of the molecule is CC(C)(C)OC(=O)N1C[C@@H](COCc2ccccc2)[C@@H]1CO[Si](c1ccccc1)(c1ccccc1)C(C)(C)C. The molecule has 0 aliphatic carbocycles. The Kier molecular flexibility index (Phi) is 8.99. The maximum absolute atomic E-state index is 13.2. The number of likely N-dealkylation sites (tertiary alicyclic amines) is 1. The minimum Gasteiger partial charge on any atom is -0.444 e. The molecular formula is C33H43NO4Si. The van der Waals surface area contributed by atoms with E-state index in [9.17, 15) is 4.79 Å². The molecule has 39 heavy (non-hydrogen) atoms. The zero-order chi connectivity index (χ0) is 28.1. The van der Waals surface area contributed by atoms with Crippen molar-refractivity contribution < 1.29 is 18.7 Å². The number of ether oxygens (including phenoxy) is 2. The van der Waals surface area contributed by atoms with Gasteiger partial charge in [-0.2, -0.15) is 0 Å². The number of hydrogen-bond acceptors (Lipinski definition) is 4. The Labute approximate surface area is 235 Å². The summed E-state index contributed by atoms with van der Waals surface area (Å²) in [6.45, 7) is 14.6. The smallest absolute Gasteiger partial charge is 0.410 e. The molecule has 0 saturated carbocycles. The molecule has 1 aliphatic rings. The van der Waals surface area contributed by atoms with E-state index >= 15 is 0 Å². The van der Waals surface area contributed by atoms with Gasteiger partial charge in [-0.25, -0.2) is 4.79 Å². The Morgan fingerprint density at radius 2 is 1.31 bits per heavy atom. The lowest BCUT2D eigenvalue weighted by molar-refractivity contribution is -0.0696. The van der Waals surface area contributed by atoms with E-state index in [1.54, 1.807) is 0 Å². The second-order valence-corrected chi connectivity index (χ2v) is 16.7. The molecule has 1 amide bonds. The summed E-state index contributed by atoms with van der Waals surface area (Å²) in [7, 11) is -2.74. The van der Waals surface area contributed by atoms with Crippen LogP contribution in [-0.4, -0.2) is 50.7 Å². The molecule has 1 fully saturated rings. The van der Waals surface area contributed by atoms with Crippen LogP contribution in [0, 0.1) is 5.92 Å². The van der Waals surface area contributed by atoms with Crippen molar-refractivity contribution >= 4 is 24.8 Å². The summed E-state index contributed by atoms with van der Waals surface area (Å²) in [6, 6.07) is 31.3. The van der Waals surface area contributed by atoms with Gasteiger partial charge in [0.05, 0.1) is 25.9 Å². The van der Waals surface area contributed by atoms with Gasteiger partial charge in [-0.15, -0.1) is 0 Å². The molecule has 2 atom stereocenters. The van der Waals surface area contributed by atoms with Crippen LogP contribution in [-0.2, 0) is 20.5 Å². The standard InChI is InChI=1S/C33H43NO4Si/c1-32(2,3)38-31(35)34-22-27(24-36-23-26-16-10-7-11-17-26)30(34)25-37-39(33(4,5)6,28-18-12-8-13-19-28)29-20-14-9-15-21-29/h7-21,27,30H,22-25H2,1-6H3/t27-,30-/m0/s1. The van der Waals surface area contributed by atoms with Gasteiger partial charge in [-0.3, -0.25) is 0 Å². The Morgan fingerprint density at radius 1 is 0.795 bits per heavy atom. The topological polar surface area (TPSA) is 48.0 Å². The van der Waals surface area contributed by atoms with E-state index in [0.717, 1.165) is 5.56 Å². The first-order valence-electron chi connectivity index (χ1n) is 13.9. The lowest BCUT2D eigenvalue weighted by Gasteiger charge is -2.50. The number of benzene rings is 3.